The van der Waals surface area contributed by atoms with Crippen LogP contribution in [0.25, 0.3) is 11.3 Å². The van der Waals surface area contributed by atoms with E-state index in [-0.39, 0.29) is 18.5 Å². The second-order valence-electron chi connectivity index (χ2n) is 6.81. The molecule has 0 aliphatic rings. The standard InChI is InChI=1S/C20H22F2N4OS/c1-10-9-25-26(3)18(10)16-11(2)28-19(20(24)27)17(16)13(8-23)6-12-7-14(21)4-5-15(12)22/h4-5,7,9,13H,6,8,23H2,1-3H3,(H2,24,27)/t13-/m1/s1. The third-order valence-electron chi connectivity index (χ3n) is 4.87. The molecule has 0 bridgehead atoms. The molecule has 0 fully saturated rings. The van der Waals surface area contributed by atoms with Gasteiger partial charge in [0.1, 0.15) is 11.6 Å². The van der Waals surface area contributed by atoms with Crippen LogP contribution >= 0.6 is 11.3 Å². The number of primary amides is 1. The van der Waals surface area contributed by atoms with Crippen molar-refractivity contribution in [2.75, 3.05) is 6.54 Å². The lowest BCUT2D eigenvalue weighted by Crippen LogP contribution is -2.21. The van der Waals surface area contributed by atoms with Crippen LogP contribution in [-0.2, 0) is 13.5 Å². The van der Waals surface area contributed by atoms with E-state index in [0.29, 0.717) is 10.4 Å². The molecule has 0 saturated heterocycles. The van der Waals surface area contributed by atoms with Crippen molar-refractivity contribution in [1.29, 1.82) is 0 Å². The highest BCUT2D eigenvalue weighted by Gasteiger charge is 2.29. The normalized spacial score (nSPS) is 12.4. The van der Waals surface area contributed by atoms with Crippen LogP contribution in [0, 0.1) is 25.5 Å². The van der Waals surface area contributed by atoms with Crippen molar-refractivity contribution in [2.45, 2.75) is 26.2 Å². The second kappa shape index (κ2) is 7.81. The predicted octanol–water partition coefficient (Wildman–Crippen LogP) is 3.43. The molecule has 5 nitrogen and oxygen atoms in total. The Balaban J connectivity index is 2.20. The summed E-state index contributed by atoms with van der Waals surface area (Å²) < 4.78 is 29.6. The second-order valence-corrected chi connectivity index (χ2v) is 8.04. The van der Waals surface area contributed by atoms with Gasteiger partial charge in [-0.25, -0.2) is 8.78 Å². The fourth-order valence-corrected chi connectivity index (χ4v) is 4.70. The van der Waals surface area contributed by atoms with E-state index in [4.69, 9.17) is 11.5 Å². The molecule has 2 aromatic heterocycles. The maximum absolute atomic E-state index is 14.2. The molecule has 0 spiro atoms. The molecule has 2 heterocycles. The van der Waals surface area contributed by atoms with Crippen LogP contribution in [-0.4, -0.2) is 22.2 Å². The minimum atomic E-state index is -0.563. The first-order valence-electron chi connectivity index (χ1n) is 8.80. The number of thiophene rings is 1. The monoisotopic (exact) mass is 404 g/mol. The fraction of sp³-hybridized carbons (Fsp3) is 0.300. The molecule has 148 valence electrons. The Morgan fingerprint density at radius 2 is 2.04 bits per heavy atom. The summed E-state index contributed by atoms with van der Waals surface area (Å²) in [6.07, 6.45) is 1.89. The van der Waals surface area contributed by atoms with E-state index in [0.717, 1.165) is 39.9 Å². The van der Waals surface area contributed by atoms with Crippen LogP contribution in [0.3, 0.4) is 0 Å². The number of hydrogen-bond donors (Lipinski definition) is 2. The highest BCUT2D eigenvalue weighted by Crippen LogP contribution is 2.42. The maximum atomic E-state index is 14.2. The molecule has 4 N–H and O–H groups in total. The van der Waals surface area contributed by atoms with Crippen LogP contribution in [0.15, 0.2) is 24.4 Å². The first-order chi connectivity index (χ1) is 13.2. The van der Waals surface area contributed by atoms with Crippen molar-refractivity contribution >= 4 is 17.2 Å². The van der Waals surface area contributed by atoms with E-state index in [1.165, 1.54) is 11.3 Å². The smallest absolute Gasteiger partial charge is 0.259 e. The van der Waals surface area contributed by atoms with Crippen LogP contribution in [0.2, 0.25) is 0 Å². The molecule has 3 aromatic rings. The van der Waals surface area contributed by atoms with Gasteiger partial charge in [-0.15, -0.1) is 11.3 Å². The molecule has 0 unspecified atom stereocenters. The fourth-order valence-electron chi connectivity index (χ4n) is 3.60. The van der Waals surface area contributed by atoms with Gasteiger partial charge in [-0.2, -0.15) is 5.10 Å². The molecule has 3 rings (SSSR count). The molecule has 1 aromatic carbocycles. The number of carbonyl (C=O) groups excluding carboxylic acids is 1. The molecule has 0 saturated carbocycles. The average Bonchev–Trinajstić information content (AvgIpc) is 3.14. The molecule has 0 aliphatic heterocycles. The number of hydrogen-bond acceptors (Lipinski definition) is 4. The first kappa shape index (κ1) is 20.2. The summed E-state index contributed by atoms with van der Waals surface area (Å²) in [5.41, 5.74) is 15.2. The molecule has 1 amide bonds. The lowest BCUT2D eigenvalue weighted by Gasteiger charge is -2.19. The van der Waals surface area contributed by atoms with Gasteiger partial charge in [-0.1, -0.05) is 0 Å². The number of nitrogens with zero attached hydrogens (tertiary/aromatic N) is 2. The Morgan fingerprint density at radius 1 is 1.32 bits per heavy atom. The zero-order valence-corrected chi connectivity index (χ0v) is 16.7. The Hall–Kier alpha value is -2.58. The Bertz CT molecular complexity index is 1020. The van der Waals surface area contributed by atoms with Gasteiger partial charge in [0, 0.05) is 23.4 Å². The van der Waals surface area contributed by atoms with Crippen molar-refractivity contribution in [3.05, 3.63) is 62.5 Å². The van der Waals surface area contributed by atoms with Crippen molar-refractivity contribution in [3.8, 4) is 11.3 Å². The highest BCUT2D eigenvalue weighted by molar-refractivity contribution is 7.14. The van der Waals surface area contributed by atoms with E-state index in [1.54, 1.807) is 10.9 Å². The summed E-state index contributed by atoms with van der Waals surface area (Å²) in [4.78, 5) is 13.4. The molecule has 0 radical (unpaired) electrons. The molecule has 8 heteroatoms. The van der Waals surface area contributed by atoms with Crippen molar-refractivity contribution in [1.82, 2.24) is 9.78 Å². The van der Waals surface area contributed by atoms with Gasteiger partial charge in [-0.3, -0.25) is 9.48 Å². The van der Waals surface area contributed by atoms with Crippen LogP contribution < -0.4 is 11.5 Å². The number of rotatable bonds is 6. The number of amides is 1. The Labute approximate surface area is 166 Å². The van der Waals surface area contributed by atoms with Crippen LogP contribution in [0.5, 0.6) is 0 Å². The predicted molar refractivity (Wildman–Crippen MR) is 106 cm³/mol. The van der Waals surface area contributed by atoms with Gasteiger partial charge < -0.3 is 11.5 Å². The number of carbonyl (C=O) groups is 1. The van der Waals surface area contributed by atoms with E-state index in [9.17, 15) is 13.6 Å². The topological polar surface area (TPSA) is 86.9 Å². The van der Waals surface area contributed by atoms with Gasteiger partial charge in [0.25, 0.3) is 5.91 Å². The lowest BCUT2D eigenvalue weighted by atomic mass is 9.87. The van der Waals surface area contributed by atoms with Gasteiger partial charge in [0.2, 0.25) is 0 Å². The number of aryl methyl sites for hydroxylation is 3. The zero-order chi connectivity index (χ0) is 20.6. The zero-order valence-electron chi connectivity index (χ0n) is 15.9. The minimum Gasteiger partial charge on any atom is -0.365 e. The van der Waals surface area contributed by atoms with E-state index < -0.39 is 23.5 Å². The molecule has 28 heavy (non-hydrogen) atoms. The van der Waals surface area contributed by atoms with Crippen molar-refractivity contribution < 1.29 is 13.6 Å². The number of aromatic nitrogens is 2. The van der Waals surface area contributed by atoms with Gasteiger partial charge in [0.05, 0.1) is 16.8 Å². The third kappa shape index (κ3) is 3.57. The molecule has 1 atom stereocenters. The Morgan fingerprint density at radius 3 is 2.61 bits per heavy atom. The van der Waals surface area contributed by atoms with Gasteiger partial charge in [0.15, 0.2) is 0 Å². The van der Waals surface area contributed by atoms with Crippen LogP contribution in [0.1, 0.15) is 37.2 Å². The van der Waals surface area contributed by atoms with Crippen molar-refractivity contribution in [2.24, 2.45) is 18.5 Å². The van der Waals surface area contributed by atoms with E-state index in [2.05, 4.69) is 5.10 Å². The first-order valence-corrected chi connectivity index (χ1v) is 9.62. The lowest BCUT2D eigenvalue weighted by molar-refractivity contribution is 0.100. The molecular formula is C20H22F2N4OS. The summed E-state index contributed by atoms with van der Waals surface area (Å²) >= 11 is 1.29. The summed E-state index contributed by atoms with van der Waals surface area (Å²) in [5, 5.41) is 4.29. The minimum absolute atomic E-state index is 0.149. The Kier molecular flexibility index (Phi) is 5.62. The van der Waals surface area contributed by atoms with Crippen molar-refractivity contribution in [3.63, 3.8) is 0 Å². The van der Waals surface area contributed by atoms with E-state index >= 15 is 0 Å². The SMILES string of the molecule is Cc1cnn(C)c1-c1c(C)sc(C(N)=O)c1[C@@H](CN)Cc1cc(F)ccc1F. The quantitative estimate of drug-likeness (QED) is 0.660. The molecule has 0 aliphatic carbocycles. The number of halogens is 2. The number of benzene rings is 1. The van der Waals surface area contributed by atoms with Crippen LogP contribution in [0.4, 0.5) is 8.78 Å². The highest BCUT2D eigenvalue weighted by atomic mass is 32.1. The largest absolute Gasteiger partial charge is 0.365 e. The summed E-state index contributed by atoms with van der Waals surface area (Å²) in [6.45, 7) is 3.98. The third-order valence-corrected chi connectivity index (χ3v) is 6.01. The van der Waals surface area contributed by atoms with Gasteiger partial charge >= 0.3 is 0 Å². The maximum Gasteiger partial charge on any atom is 0.259 e. The summed E-state index contributed by atoms with van der Waals surface area (Å²) in [6, 6.07) is 3.33. The molecular weight excluding hydrogens is 382 g/mol. The number of nitrogens with two attached hydrogens (primary N) is 2. The van der Waals surface area contributed by atoms with E-state index in [1.807, 2.05) is 20.9 Å². The average molecular weight is 404 g/mol. The summed E-state index contributed by atoms with van der Waals surface area (Å²) in [7, 11) is 1.82. The summed E-state index contributed by atoms with van der Waals surface area (Å²) in [5.74, 6) is -2.00. The van der Waals surface area contributed by atoms with Gasteiger partial charge in [-0.05, 0) is 61.7 Å².